The molecule has 0 unspecified atom stereocenters. The average molecular weight is 226 g/mol. The molecule has 0 saturated carbocycles. The lowest BCUT2D eigenvalue weighted by Gasteiger charge is -2.20. The molecule has 4 heteroatoms. The highest BCUT2D eigenvalue weighted by molar-refractivity contribution is 7.12. The Morgan fingerprint density at radius 1 is 1.47 bits per heavy atom. The predicted molar refractivity (Wildman–Crippen MR) is 58.5 cm³/mol. The van der Waals surface area contributed by atoms with E-state index in [1.165, 1.54) is 4.88 Å². The Morgan fingerprint density at radius 3 is 2.87 bits per heavy atom. The highest BCUT2D eigenvalue weighted by atomic mass is 32.1. The van der Waals surface area contributed by atoms with E-state index in [4.69, 9.17) is 9.84 Å². The Hall–Kier alpha value is -0.870. The van der Waals surface area contributed by atoms with E-state index in [0.717, 1.165) is 30.9 Å². The van der Waals surface area contributed by atoms with Crippen LogP contribution < -0.4 is 0 Å². The zero-order valence-electron chi connectivity index (χ0n) is 8.44. The lowest BCUT2D eigenvalue weighted by Crippen LogP contribution is -2.12. The van der Waals surface area contributed by atoms with Crippen LogP contribution >= 0.6 is 11.3 Å². The van der Waals surface area contributed by atoms with Crippen LogP contribution in [0.25, 0.3) is 0 Å². The lowest BCUT2D eigenvalue weighted by molar-refractivity contribution is -0.136. The molecule has 0 atom stereocenters. The van der Waals surface area contributed by atoms with Crippen LogP contribution in [-0.4, -0.2) is 24.3 Å². The number of ether oxygens (including phenoxy) is 1. The molecule has 1 saturated heterocycles. The zero-order chi connectivity index (χ0) is 10.7. The number of carbonyl (C=O) groups is 1. The van der Waals surface area contributed by atoms with E-state index < -0.39 is 5.97 Å². The number of hydrogen-bond donors (Lipinski definition) is 1. The van der Waals surface area contributed by atoms with E-state index >= 15 is 0 Å². The molecule has 0 aromatic carbocycles. The average Bonchev–Trinajstić information content (AvgIpc) is 2.67. The topological polar surface area (TPSA) is 46.5 Å². The minimum Gasteiger partial charge on any atom is -0.481 e. The van der Waals surface area contributed by atoms with Gasteiger partial charge in [0.2, 0.25) is 0 Å². The summed E-state index contributed by atoms with van der Waals surface area (Å²) in [7, 11) is 0. The molecule has 1 aromatic rings. The molecule has 15 heavy (non-hydrogen) atoms. The van der Waals surface area contributed by atoms with Crippen molar-refractivity contribution in [1.29, 1.82) is 0 Å². The van der Waals surface area contributed by atoms with Crippen LogP contribution in [-0.2, 0) is 16.0 Å². The fourth-order valence-corrected chi connectivity index (χ4v) is 3.01. The van der Waals surface area contributed by atoms with E-state index in [1.807, 2.05) is 6.07 Å². The van der Waals surface area contributed by atoms with Crippen LogP contribution in [0.15, 0.2) is 12.1 Å². The van der Waals surface area contributed by atoms with Crippen molar-refractivity contribution in [2.45, 2.75) is 25.2 Å². The van der Waals surface area contributed by atoms with E-state index in [0.29, 0.717) is 5.92 Å². The molecular formula is C11H14O3S. The zero-order valence-corrected chi connectivity index (χ0v) is 9.26. The number of carboxylic acids is 1. The quantitative estimate of drug-likeness (QED) is 0.860. The van der Waals surface area contributed by atoms with Gasteiger partial charge in [0.25, 0.3) is 0 Å². The van der Waals surface area contributed by atoms with Crippen molar-refractivity contribution in [1.82, 2.24) is 0 Å². The summed E-state index contributed by atoms with van der Waals surface area (Å²) in [5.41, 5.74) is 0. The molecule has 0 aliphatic carbocycles. The molecule has 3 nitrogen and oxygen atoms in total. The minimum absolute atomic E-state index is 0.147. The summed E-state index contributed by atoms with van der Waals surface area (Å²) >= 11 is 1.63. The molecule has 2 heterocycles. The number of hydrogen-bond acceptors (Lipinski definition) is 3. The molecule has 1 aliphatic heterocycles. The molecule has 0 radical (unpaired) electrons. The molecule has 1 N–H and O–H groups in total. The summed E-state index contributed by atoms with van der Waals surface area (Å²) in [6, 6.07) is 4.00. The van der Waals surface area contributed by atoms with Gasteiger partial charge in [0.1, 0.15) is 0 Å². The maximum absolute atomic E-state index is 10.5. The molecule has 1 aromatic heterocycles. The van der Waals surface area contributed by atoms with E-state index in [-0.39, 0.29) is 6.42 Å². The van der Waals surface area contributed by atoms with Gasteiger partial charge in [-0.05, 0) is 30.9 Å². The number of aliphatic carboxylic acids is 1. The van der Waals surface area contributed by atoms with Crippen LogP contribution in [0.2, 0.25) is 0 Å². The van der Waals surface area contributed by atoms with Gasteiger partial charge < -0.3 is 9.84 Å². The van der Waals surface area contributed by atoms with Gasteiger partial charge in [-0.1, -0.05) is 0 Å². The third-order valence-corrected chi connectivity index (χ3v) is 3.88. The number of carboxylic acid groups (broad SMARTS) is 1. The molecule has 82 valence electrons. The van der Waals surface area contributed by atoms with Gasteiger partial charge in [-0.2, -0.15) is 0 Å². The molecule has 0 bridgehead atoms. The van der Waals surface area contributed by atoms with Gasteiger partial charge in [0.15, 0.2) is 0 Å². The molecule has 1 fully saturated rings. The van der Waals surface area contributed by atoms with Crippen molar-refractivity contribution in [3.8, 4) is 0 Å². The van der Waals surface area contributed by atoms with Crippen molar-refractivity contribution in [2.24, 2.45) is 0 Å². The Bertz CT molecular complexity index is 339. The van der Waals surface area contributed by atoms with Gasteiger partial charge in [-0.3, -0.25) is 4.79 Å². The standard InChI is InChI=1S/C11H14O3S/c12-11(13)7-9-1-2-10(15-9)8-3-5-14-6-4-8/h1-2,8H,3-7H2,(H,12,13). The second kappa shape index (κ2) is 4.77. The number of thiophene rings is 1. The lowest BCUT2D eigenvalue weighted by atomic mass is 9.99. The van der Waals surface area contributed by atoms with Crippen molar-refractivity contribution in [3.05, 3.63) is 21.9 Å². The summed E-state index contributed by atoms with van der Waals surface area (Å²) in [6.45, 7) is 1.66. The normalized spacial score (nSPS) is 17.9. The largest absolute Gasteiger partial charge is 0.481 e. The molecule has 1 aliphatic rings. The maximum atomic E-state index is 10.5. The maximum Gasteiger partial charge on any atom is 0.308 e. The molecule has 0 spiro atoms. The fraction of sp³-hybridized carbons (Fsp3) is 0.545. The first kappa shape index (κ1) is 10.6. The van der Waals surface area contributed by atoms with Gasteiger partial charge in [0, 0.05) is 23.0 Å². The van der Waals surface area contributed by atoms with E-state index in [9.17, 15) is 4.79 Å². The van der Waals surface area contributed by atoms with Gasteiger partial charge in [0.05, 0.1) is 6.42 Å². The van der Waals surface area contributed by atoms with Crippen LogP contribution in [0, 0.1) is 0 Å². The molecule has 2 rings (SSSR count). The third-order valence-electron chi connectivity index (χ3n) is 2.63. The smallest absolute Gasteiger partial charge is 0.308 e. The Kier molecular flexibility index (Phi) is 3.38. The predicted octanol–water partition coefficient (Wildman–Crippen LogP) is 2.27. The minimum atomic E-state index is -0.754. The third kappa shape index (κ3) is 2.79. The number of rotatable bonds is 3. The second-order valence-corrected chi connectivity index (χ2v) is 4.96. The summed E-state index contributed by atoms with van der Waals surface area (Å²) in [4.78, 5) is 12.8. The highest BCUT2D eigenvalue weighted by Crippen LogP contribution is 2.32. The molecular weight excluding hydrogens is 212 g/mol. The highest BCUT2D eigenvalue weighted by Gasteiger charge is 2.17. The van der Waals surface area contributed by atoms with Crippen LogP contribution in [0.1, 0.15) is 28.5 Å². The van der Waals surface area contributed by atoms with Crippen LogP contribution in [0.3, 0.4) is 0 Å². The fourth-order valence-electron chi connectivity index (χ4n) is 1.84. The summed E-state index contributed by atoms with van der Waals surface area (Å²) < 4.78 is 5.30. The first-order valence-corrected chi connectivity index (χ1v) is 5.95. The summed E-state index contributed by atoms with van der Waals surface area (Å²) in [6.07, 6.45) is 2.27. The van der Waals surface area contributed by atoms with Crippen molar-refractivity contribution in [2.75, 3.05) is 13.2 Å². The van der Waals surface area contributed by atoms with Crippen LogP contribution in [0.4, 0.5) is 0 Å². The van der Waals surface area contributed by atoms with Crippen molar-refractivity contribution < 1.29 is 14.6 Å². The second-order valence-electron chi connectivity index (χ2n) is 3.76. The molecule has 0 amide bonds. The SMILES string of the molecule is O=C(O)Cc1ccc(C2CCOCC2)s1. The van der Waals surface area contributed by atoms with E-state index in [1.54, 1.807) is 11.3 Å². The van der Waals surface area contributed by atoms with Crippen molar-refractivity contribution >= 4 is 17.3 Å². The van der Waals surface area contributed by atoms with Crippen LogP contribution in [0.5, 0.6) is 0 Å². The van der Waals surface area contributed by atoms with E-state index in [2.05, 4.69) is 6.07 Å². The Labute approximate surface area is 92.7 Å². The Morgan fingerprint density at radius 2 is 2.20 bits per heavy atom. The van der Waals surface area contributed by atoms with Crippen molar-refractivity contribution in [3.63, 3.8) is 0 Å². The van der Waals surface area contributed by atoms with Gasteiger partial charge in [-0.25, -0.2) is 0 Å². The first-order valence-electron chi connectivity index (χ1n) is 5.14. The van der Waals surface area contributed by atoms with Gasteiger partial charge >= 0.3 is 5.97 Å². The Balaban J connectivity index is 2.02. The summed E-state index contributed by atoms with van der Waals surface area (Å²) in [5, 5.41) is 8.67. The monoisotopic (exact) mass is 226 g/mol. The summed E-state index contributed by atoms with van der Waals surface area (Å²) in [5.74, 6) is -0.179. The van der Waals surface area contributed by atoms with Gasteiger partial charge in [-0.15, -0.1) is 11.3 Å². The first-order chi connectivity index (χ1) is 7.25.